The van der Waals surface area contributed by atoms with E-state index in [4.69, 9.17) is 10.2 Å². The second kappa shape index (κ2) is 11.3. The van der Waals surface area contributed by atoms with Crippen molar-refractivity contribution in [2.45, 2.75) is 30.9 Å². The Morgan fingerprint density at radius 3 is 2.39 bits per heavy atom. The lowest BCUT2D eigenvalue weighted by molar-refractivity contribution is -0.253. The minimum absolute atomic E-state index is 0.0142. The highest BCUT2D eigenvalue weighted by Crippen LogP contribution is 2.40. The fourth-order valence-corrected chi connectivity index (χ4v) is 4.78. The summed E-state index contributed by atoms with van der Waals surface area (Å²) < 4.78 is 86.9. The number of carbonyl (C=O) groups is 2. The number of furan rings is 1. The van der Waals surface area contributed by atoms with Gasteiger partial charge >= 0.3 is 12.4 Å². The first kappa shape index (κ1) is 30.6. The molecule has 2 aromatic carbocycles. The number of anilines is 1. The van der Waals surface area contributed by atoms with Crippen molar-refractivity contribution in [2.24, 2.45) is 0 Å². The third kappa shape index (κ3) is 6.39. The number of rotatable bonds is 6. The Morgan fingerprint density at radius 1 is 1.05 bits per heavy atom. The number of aliphatic hydroxyl groups is 1. The molecule has 8 nitrogen and oxygen atoms in total. The van der Waals surface area contributed by atoms with Gasteiger partial charge in [-0.1, -0.05) is 12.1 Å². The molecule has 0 radical (unpaired) electrons. The number of nitrogen functional groups attached to an aromatic ring is 1. The van der Waals surface area contributed by atoms with E-state index in [0.717, 1.165) is 11.0 Å². The summed E-state index contributed by atoms with van der Waals surface area (Å²) in [5, 5.41) is 12.5. The molecule has 44 heavy (non-hydrogen) atoms. The van der Waals surface area contributed by atoms with E-state index < -0.39 is 53.9 Å². The fourth-order valence-electron chi connectivity index (χ4n) is 4.78. The summed E-state index contributed by atoms with van der Waals surface area (Å²) in [6, 6.07) is 12.3. The van der Waals surface area contributed by atoms with Crippen molar-refractivity contribution in [2.75, 3.05) is 18.8 Å². The van der Waals surface area contributed by atoms with Gasteiger partial charge in [-0.05, 0) is 65.2 Å². The first-order chi connectivity index (χ1) is 20.6. The molecule has 1 atom stereocenters. The number of alkyl halides is 6. The lowest BCUT2D eigenvalue weighted by atomic mass is 9.99. The summed E-state index contributed by atoms with van der Waals surface area (Å²) in [7, 11) is 0. The smallest absolute Gasteiger partial charge is 0.420 e. The zero-order valence-electron chi connectivity index (χ0n) is 22.7. The number of pyridine rings is 1. The van der Waals surface area contributed by atoms with Crippen LogP contribution in [-0.4, -0.2) is 51.7 Å². The highest BCUT2D eigenvalue weighted by Gasteiger charge is 2.57. The van der Waals surface area contributed by atoms with Crippen LogP contribution < -0.4 is 11.1 Å². The van der Waals surface area contributed by atoms with Crippen molar-refractivity contribution in [3.8, 4) is 11.1 Å². The average Bonchev–Trinajstić information content (AvgIpc) is 3.58. The van der Waals surface area contributed by atoms with Crippen LogP contribution in [0.25, 0.3) is 28.2 Å². The number of nitrogens with two attached hydrogens (primary N) is 1. The second-order valence-corrected chi connectivity index (χ2v) is 10.3. The molecular formula is C30H24F6N4O4. The van der Waals surface area contributed by atoms with Gasteiger partial charge in [0.1, 0.15) is 17.2 Å². The van der Waals surface area contributed by atoms with Crippen molar-refractivity contribution in [3.05, 3.63) is 89.3 Å². The predicted octanol–water partition coefficient (Wildman–Crippen LogP) is 5.56. The molecule has 14 heteroatoms. The number of amides is 2. The molecule has 0 aliphatic carbocycles. The zero-order chi connectivity index (χ0) is 31.9. The minimum atomic E-state index is -4.90. The molecule has 2 aromatic heterocycles. The molecule has 4 aromatic rings. The number of benzene rings is 2. The molecule has 4 N–H and O–H groups in total. The summed E-state index contributed by atoms with van der Waals surface area (Å²) >= 11 is 0. The van der Waals surface area contributed by atoms with Gasteiger partial charge in [-0.25, -0.2) is 4.98 Å². The number of nitrogens with zero attached hydrogens (tertiary/aromatic N) is 2. The molecule has 1 aliphatic rings. The maximum Gasteiger partial charge on any atom is 0.420 e. The third-order valence-electron chi connectivity index (χ3n) is 7.17. The topological polar surface area (TPSA) is 122 Å². The monoisotopic (exact) mass is 618 g/mol. The minimum Gasteiger partial charge on any atom is -0.459 e. The number of hydrogen-bond acceptors (Lipinski definition) is 6. The van der Waals surface area contributed by atoms with E-state index in [2.05, 4.69) is 10.3 Å². The van der Waals surface area contributed by atoms with Crippen LogP contribution in [0.2, 0.25) is 0 Å². The van der Waals surface area contributed by atoms with Crippen molar-refractivity contribution < 1.29 is 45.5 Å². The summed E-state index contributed by atoms with van der Waals surface area (Å²) in [5.41, 5.74) is 2.12. The molecule has 1 saturated heterocycles. The molecule has 5 rings (SSSR count). The van der Waals surface area contributed by atoms with E-state index in [1.807, 2.05) is 0 Å². The summed E-state index contributed by atoms with van der Waals surface area (Å²) in [4.78, 5) is 29.8. The lowest BCUT2D eigenvalue weighted by Crippen LogP contribution is -2.48. The summed E-state index contributed by atoms with van der Waals surface area (Å²) in [6.07, 6.45) is -6.17. The van der Waals surface area contributed by atoms with Crippen molar-refractivity contribution in [1.82, 2.24) is 15.2 Å². The maximum absolute atomic E-state index is 14.0. The number of likely N-dealkylation sites (tertiary alicyclic amines) is 1. The number of aromatic nitrogens is 1. The maximum atomic E-state index is 14.0. The first-order valence-electron chi connectivity index (χ1n) is 13.1. The van der Waals surface area contributed by atoms with Crippen LogP contribution in [0.5, 0.6) is 0 Å². The molecule has 1 aliphatic heterocycles. The summed E-state index contributed by atoms with van der Waals surface area (Å²) in [5.74, 6) is -0.881. The second-order valence-electron chi connectivity index (χ2n) is 10.3. The van der Waals surface area contributed by atoms with E-state index in [1.54, 1.807) is 12.1 Å². The van der Waals surface area contributed by atoms with Crippen LogP contribution in [0.15, 0.2) is 71.3 Å². The Balaban J connectivity index is 1.33. The number of nitrogens with one attached hydrogen (secondary N) is 1. The Morgan fingerprint density at radius 2 is 1.77 bits per heavy atom. The van der Waals surface area contributed by atoms with Crippen LogP contribution in [0, 0.1) is 0 Å². The number of β-amino-alcohol motifs (C(OH)–C–C–N with tert-alkyl or cyclic N) is 1. The number of fused-ring (bicyclic) bond motifs is 1. The van der Waals surface area contributed by atoms with Gasteiger partial charge in [0.2, 0.25) is 5.91 Å². The molecule has 0 saturated carbocycles. The Labute approximate surface area is 245 Å². The highest BCUT2D eigenvalue weighted by atomic mass is 19.4. The van der Waals surface area contributed by atoms with Gasteiger partial charge in [-0.3, -0.25) is 9.59 Å². The standard InChI is InChI=1S/C30H24F6N4O4/c31-29(32,33)23-13-20(18-3-5-19(6-4-18)27(42)40-10-9-28(43,16-40)30(34,35)36)11-21-12-22(44-26(21)23)15-39-25(41)8-2-17-1-7-24(37)38-14-17/h1-8,11-14,43H,9-10,15-16H2,(H2,37,38)(H,39,41). The highest BCUT2D eigenvalue weighted by molar-refractivity contribution is 5.95. The van der Waals surface area contributed by atoms with E-state index in [0.29, 0.717) is 16.9 Å². The van der Waals surface area contributed by atoms with Gasteiger partial charge in [0.25, 0.3) is 5.91 Å². The molecule has 0 spiro atoms. The van der Waals surface area contributed by atoms with E-state index in [-0.39, 0.29) is 35.4 Å². The van der Waals surface area contributed by atoms with Gasteiger partial charge in [0.15, 0.2) is 5.60 Å². The normalized spacial score (nSPS) is 17.5. The van der Waals surface area contributed by atoms with Gasteiger partial charge in [0, 0.05) is 36.2 Å². The lowest BCUT2D eigenvalue weighted by Gasteiger charge is -2.25. The van der Waals surface area contributed by atoms with Gasteiger partial charge in [0.05, 0.1) is 18.7 Å². The number of hydrogen-bond donors (Lipinski definition) is 3. The fraction of sp³-hybridized carbons (Fsp3) is 0.233. The predicted molar refractivity (Wildman–Crippen MR) is 148 cm³/mol. The SMILES string of the molecule is Nc1ccc(C=CC(=O)NCc2cc3cc(-c4ccc(C(=O)N5CCC(O)(C(F)(F)F)C5)cc4)cc(C(F)(F)F)c3o2)cn1. The third-order valence-corrected chi connectivity index (χ3v) is 7.17. The zero-order valence-corrected chi connectivity index (χ0v) is 22.7. The molecule has 3 heterocycles. The van der Waals surface area contributed by atoms with E-state index >= 15 is 0 Å². The van der Waals surface area contributed by atoms with Crippen LogP contribution >= 0.6 is 0 Å². The quantitative estimate of drug-likeness (QED) is 0.192. The average molecular weight is 619 g/mol. The molecule has 230 valence electrons. The largest absolute Gasteiger partial charge is 0.459 e. The Hall–Kier alpha value is -4.85. The van der Waals surface area contributed by atoms with Crippen molar-refractivity contribution >= 4 is 34.7 Å². The van der Waals surface area contributed by atoms with Crippen molar-refractivity contribution in [1.29, 1.82) is 0 Å². The van der Waals surface area contributed by atoms with Crippen LogP contribution in [-0.2, 0) is 17.5 Å². The molecule has 0 bridgehead atoms. The van der Waals surface area contributed by atoms with Gasteiger partial charge < -0.3 is 25.5 Å². The molecule has 1 unspecified atom stereocenters. The van der Waals surface area contributed by atoms with E-state index in [1.165, 1.54) is 54.7 Å². The Kier molecular flexibility index (Phi) is 7.88. The van der Waals surface area contributed by atoms with Gasteiger partial charge in [-0.15, -0.1) is 0 Å². The summed E-state index contributed by atoms with van der Waals surface area (Å²) in [6.45, 7) is -1.41. The van der Waals surface area contributed by atoms with E-state index in [9.17, 15) is 41.0 Å². The number of carbonyl (C=O) groups excluding carboxylic acids is 2. The van der Waals surface area contributed by atoms with Crippen molar-refractivity contribution in [3.63, 3.8) is 0 Å². The molecular weight excluding hydrogens is 594 g/mol. The first-order valence-corrected chi connectivity index (χ1v) is 13.1. The van der Waals surface area contributed by atoms with Crippen LogP contribution in [0.3, 0.4) is 0 Å². The molecule has 2 amide bonds. The Bertz CT molecular complexity index is 1730. The van der Waals surface area contributed by atoms with Gasteiger partial charge in [-0.2, -0.15) is 26.3 Å². The van der Waals surface area contributed by atoms with Crippen LogP contribution in [0.4, 0.5) is 32.2 Å². The van der Waals surface area contributed by atoms with Crippen LogP contribution in [0.1, 0.15) is 33.7 Å². The molecule has 1 fully saturated rings. The number of halogens is 6.